The predicted molar refractivity (Wildman–Crippen MR) is 95.0 cm³/mol. The van der Waals surface area contributed by atoms with Crippen molar-refractivity contribution >= 4 is 29.1 Å². The summed E-state index contributed by atoms with van der Waals surface area (Å²) < 4.78 is 13.6. The molecule has 1 atom stereocenters. The van der Waals surface area contributed by atoms with Gasteiger partial charge in [0, 0.05) is 19.5 Å². The summed E-state index contributed by atoms with van der Waals surface area (Å²) >= 11 is 6.13. The summed E-state index contributed by atoms with van der Waals surface area (Å²) in [4.78, 5) is 26.1. The van der Waals surface area contributed by atoms with Gasteiger partial charge in [0.2, 0.25) is 11.8 Å². The molecule has 25 heavy (non-hydrogen) atoms. The summed E-state index contributed by atoms with van der Waals surface area (Å²) in [5, 5.41) is 3.27. The molecule has 0 aliphatic carbocycles. The topological polar surface area (TPSA) is 49.4 Å². The van der Waals surface area contributed by atoms with E-state index in [-0.39, 0.29) is 24.1 Å². The lowest BCUT2D eigenvalue weighted by Crippen LogP contribution is -2.34. The van der Waals surface area contributed by atoms with Crippen LogP contribution in [0, 0.1) is 11.7 Å². The minimum absolute atomic E-state index is 0.123. The highest BCUT2D eigenvalue weighted by Crippen LogP contribution is 2.30. The van der Waals surface area contributed by atoms with Crippen molar-refractivity contribution in [3.8, 4) is 0 Å². The molecule has 1 fully saturated rings. The van der Waals surface area contributed by atoms with Crippen LogP contribution in [0.2, 0.25) is 5.02 Å². The van der Waals surface area contributed by atoms with Crippen LogP contribution < -0.4 is 10.2 Å². The Morgan fingerprint density at radius 3 is 2.68 bits per heavy atom. The van der Waals surface area contributed by atoms with Crippen molar-refractivity contribution in [2.24, 2.45) is 5.92 Å². The average molecular weight is 361 g/mol. The van der Waals surface area contributed by atoms with Gasteiger partial charge in [0.15, 0.2) is 0 Å². The fraction of sp³-hybridized carbons (Fsp3) is 0.263. The highest BCUT2D eigenvalue weighted by atomic mass is 35.5. The maximum absolute atomic E-state index is 13.6. The average Bonchev–Trinajstić information content (AvgIpc) is 2.99. The third kappa shape index (κ3) is 3.99. The smallest absolute Gasteiger partial charge is 0.227 e. The molecule has 2 aromatic carbocycles. The molecule has 130 valence electrons. The number of hydrogen-bond acceptors (Lipinski definition) is 2. The van der Waals surface area contributed by atoms with Crippen molar-refractivity contribution in [3.05, 3.63) is 64.9 Å². The van der Waals surface area contributed by atoms with Gasteiger partial charge in [-0.1, -0.05) is 41.9 Å². The number of carbonyl (C=O) groups excluding carboxylic acids is 2. The van der Waals surface area contributed by atoms with E-state index in [0.717, 1.165) is 0 Å². The monoisotopic (exact) mass is 360 g/mol. The number of rotatable bonds is 5. The van der Waals surface area contributed by atoms with E-state index in [9.17, 15) is 14.0 Å². The maximum atomic E-state index is 13.6. The van der Waals surface area contributed by atoms with E-state index in [1.807, 2.05) is 0 Å². The van der Waals surface area contributed by atoms with Crippen LogP contribution in [0.4, 0.5) is 10.1 Å². The zero-order valence-electron chi connectivity index (χ0n) is 13.5. The molecular weight excluding hydrogens is 343 g/mol. The molecule has 2 aromatic rings. The van der Waals surface area contributed by atoms with Crippen LogP contribution in [0.3, 0.4) is 0 Å². The van der Waals surface area contributed by atoms with Gasteiger partial charge < -0.3 is 10.2 Å². The molecule has 1 aliphatic heterocycles. The van der Waals surface area contributed by atoms with Crippen LogP contribution in [-0.4, -0.2) is 24.9 Å². The molecule has 1 N–H and O–H groups in total. The van der Waals surface area contributed by atoms with Crippen molar-refractivity contribution in [1.82, 2.24) is 5.32 Å². The number of amides is 2. The molecule has 0 radical (unpaired) electrons. The van der Waals surface area contributed by atoms with E-state index < -0.39 is 5.92 Å². The molecule has 1 heterocycles. The molecule has 0 spiro atoms. The van der Waals surface area contributed by atoms with E-state index in [1.54, 1.807) is 47.4 Å². The van der Waals surface area contributed by atoms with Crippen molar-refractivity contribution < 1.29 is 14.0 Å². The second-order valence-corrected chi connectivity index (χ2v) is 6.40. The van der Waals surface area contributed by atoms with Crippen molar-refractivity contribution in [3.63, 3.8) is 0 Å². The van der Waals surface area contributed by atoms with Crippen LogP contribution in [0.25, 0.3) is 0 Å². The molecular formula is C19H18ClFN2O2. The Morgan fingerprint density at radius 1 is 1.20 bits per heavy atom. The van der Waals surface area contributed by atoms with Gasteiger partial charge in [-0.05, 0) is 30.2 Å². The van der Waals surface area contributed by atoms with Crippen molar-refractivity contribution in [2.75, 3.05) is 18.0 Å². The highest BCUT2D eigenvalue weighted by molar-refractivity contribution is 6.33. The summed E-state index contributed by atoms with van der Waals surface area (Å²) in [7, 11) is 0. The second kappa shape index (κ2) is 7.66. The van der Waals surface area contributed by atoms with Gasteiger partial charge in [0.1, 0.15) is 5.82 Å². The van der Waals surface area contributed by atoms with Gasteiger partial charge in [-0.15, -0.1) is 0 Å². The zero-order valence-corrected chi connectivity index (χ0v) is 14.3. The molecule has 0 bridgehead atoms. The first-order chi connectivity index (χ1) is 12.1. The third-order valence-corrected chi connectivity index (χ3v) is 4.61. The Kier molecular flexibility index (Phi) is 5.34. The molecule has 6 heteroatoms. The largest absolute Gasteiger partial charge is 0.355 e. The third-order valence-electron chi connectivity index (χ3n) is 4.29. The Morgan fingerprint density at radius 2 is 1.92 bits per heavy atom. The Labute approximate surface area is 150 Å². The summed E-state index contributed by atoms with van der Waals surface area (Å²) in [6, 6.07) is 13.6. The first-order valence-corrected chi connectivity index (χ1v) is 8.50. The van der Waals surface area contributed by atoms with E-state index >= 15 is 0 Å². The number of para-hydroxylation sites is 1. The number of nitrogens with zero attached hydrogens (tertiary/aromatic N) is 1. The summed E-state index contributed by atoms with van der Waals surface area (Å²) in [6.45, 7) is 0.630. The summed E-state index contributed by atoms with van der Waals surface area (Å²) in [5.74, 6) is -1.02. The molecule has 3 rings (SSSR count). The molecule has 2 amide bonds. The Balaban J connectivity index is 1.56. The fourth-order valence-corrected chi connectivity index (χ4v) is 3.19. The Hall–Kier alpha value is -2.40. The lowest BCUT2D eigenvalue weighted by atomic mass is 10.1. The lowest BCUT2D eigenvalue weighted by molar-refractivity contribution is -0.126. The number of halogens is 2. The van der Waals surface area contributed by atoms with Crippen LogP contribution in [0.15, 0.2) is 48.5 Å². The van der Waals surface area contributed by atoms with Crippen LogP contribution in [0.1, 0.15) is 12.0 Å². The van der Waals surface area contributed by atoms with E-state index in [1.165, 1.54) is 6.07 Å². The van der Waals surface area contributed by atoms with Crippen molar-refractivity contribution in [2.45, 2.75) is 12.8 Å². The molecule has 1 saturated heterocycles. The molecule has 4 nitrogen and oxygen atoms in total. The summed E-state index contributed by atoms with van der Waals surface area (Å²) in [5.41, 5.74) is 1.18. The van der Waals surface area contributed by atoms with E-state index in [4.69, 9.17) is 11.6 Å². The maximum Gasteiger partial charge on any atom is 0.227 e. The number of anilines is 1. The standard InChI is InChI=1S/C19H18ClFN2O2/c20-15-6-2-4-8-17(15)23-12-14(11-18(23)24)19(25)22-10-9-13-5-1-3-7-16(13)21/h1-8,14H,9-12H2,(H,22,25). The van der Waals surface area contributed by atoms with Crippen LogP contribution in [0.5, 0.6) is 0 Å². The van der Waals surface area contributed by atoms with Crippen molar-refractivity contribution in [1.29, 1.82) is 0 Å². The lowest BCUT2D eigenvalue weighted by Gasteiger charge is -2.18. The number of hydrogen-bond donors (Lipinski definition) is 1. The van der Waals surface area contributed by atoms with Gasteiger partial charge in [0.25, 0.3) is 0 Å². The van der Waals surface area contributed by atoms with E-state index in [0.29, 0.717) is 35.8 Å². The second-order valence-electron chi connectivity index (χ2n) is 5.99. The molecule has 1 aliphatic rings. The SMILES string of the molecule is O=C(NCCc1ccccc1F)C1CC(=O)N(c2ccccc2Cl)C1. The highest BCUT2D eigenvalue weighted by Gasteiger charge is 2.35. The summed E-state index contributed by atoms with van der Waals surface area (Å²) in [6.07, 6.45) is 0.560. The first kappa shape index (κ1) is 17.4. The van der Waals surface area contributed by atoms with Gasteiger partial charge in [-0.2, -0.15) is 0 Å². The minimum Gasteiger partial charge on any atom is -0.355 e. The Bertz CT molecular complexity index is 796. The predicted octanol–water partition coefficient (Wildman–Crippen LogP) is 3.19. The normalized spacial score (nSPS) is 17.0. The van der Waals surface area contributed by atoms with Gasteiger partial charge in [-0.3, -0.25) is 9.59 Å². The fourth-order valence-electron chi connectivity index (χ4n) is 2.95. The first-order valence-electron chi connectivity index (χ1n) is 8.12. The minimum atomic E-state index is -0.426. The molecule has 0 aromatic heterocycles. The van der Waals surface area contributed by atoms with Crippen LogP contribution >= 0.6 is 11.6 Å². The number of nitrogens with one attached hydrogen (secondary N) is 1. The molecule has 0 saturated carbocycles. The molecule has 1 unspecified atom stereocenters. The number of carbonyl (C=O) groups is 2. The van der Waals surface area contributed by atoms with E-state index in [2.05, 4.69) is 5.32 Å². The zero-order chi connectivity index (χ0) is 17.8. The van der Waals surface area contributed by atoms with Crippen LogP contribution in [-0.2, 0) is 16.0 Å². The number of benzene rings is 2. The van der Waals surface area contributed by atoms with Gasteiger partial charge in [-0.25, -0.2) is 4.39 Å². The quantitative estimate of drug-likeness (QED) is 0.890. The van der Waals surface area contributed by atoms with Gasteiger partial charge in [0.05, 0.1) is 16.6 Å². The van der Waals surface area contributed by atoms with Gasteiger partial charge >= 0.3 is 0 Å².